The van der Waals surface area contributed by atoms with Crippen molar-refractivity contribution < 1.29 is 60.7 Å². The van der Waals surface area contributed by atoms with E-state index in [1.165, 1.54) is 38.5 Å². The third kappa shape index (κ3) is 17.9. The van der Waals surface area contributed by atoms with Gasteiger partial charge in [0, 0.05) is 74.0 Å². The number of aliphatic hydroxyl groups excluding tert-OH is 2. The number of amides is 2. The summed E-state index contributed by atoms with van der Waals surface area (Å²) >= 11 is 0. The summed E-state index contributed by atoms with van der Waals surface area (Å²) in [5.74, 6) is -3.46. The van der Waals surface area contributed by atoms with Gasteiger partial charge < -0.3 is 52.5 Å². The molecule has 444 valence electrons. The minimum Gasteiger partial charge on any atom is -1.00 e. The van der Waals surface area contributed by atoms with E-state index in [9.17, 15) is 48.4 Å². The number of nitrogens with zero attached hydrogens (tertiary/aromatic N) is 2. The molecule has 17 heteroatoms. The predicted octanol–water partition coefficient (Wildman–Crippen LogP) is 13.8. The molecule has 2 heterocycles. The van der Waals surface area contributed by atoms with Crippen LogP contribution >= 0.6 is 0 Å². The van der Waals surface area contributed by atoms with Gasteiger partial charge in [-0.25, -0.2) is 8.78 Å². The van der Waals surface area contributed by atoms with Crippen LogP contribution in [-0.4, -0.2) is 130 Å². The van der Waals surface area contributed by atoms with Gasteiger partial charge in [-0.05, 0) is 120 Å². The van der Waals surface area contributed by atoms with Crippen molar-refractivity contribution in [3.63, 3.8) is 0 Å². The number of carboxylic acids is 2. The van der Waals surface area contributed by atoms with E-state index in [-0.39, 0.29) is 114 Å². The fourth-order valence-electron chi connectivity index (χ4n) is 10.7. The Morgan fingerprint density at radius 3 is 1.07 bits per heavy atom. The number of hydrogen-bond acceptors (Lipinski definition) is 8. The quantitative estimate of drug-likeness (QED) is 0.0283. The molecule has 6 aromatic carbocycles. The van der Waals surface area contributed by atoms with E-state index in [0.717, 1.165) is 56.2 Å². The van der Waals surface area contributed by atoms with Crippen LogP contribution in [0.15, 0.2) is 170 Å². The average Bonchev–Trinajstić information content (AvgIpc) is 1.67. The number of nitrogens with one attached hydrogen (secondary N) is 2. The van der Waals surface area contributed by atoms with E-state index in [1.54, 1.807) is 24.3 Å². The molecule has 8 aromatic rings. The number of para-hydroxylation sites is 2. The maximum absolute atomic E-state index is 14.1. The number of anilines is 2. The molecule has 6 N–H and O–H groups in total. The van der Waals surface area contributed by atoms with Crippen molar-refractivity contribution in [1.29, 1.82) is 0 Å². The Hall–Kier alpha value is -7.28. The number of rotatable bonds is 26. The molecule has 85 heavy (non-hydrogen) atoms. The van der Waals surface area contributed by atoms with Gasteiger partial charge in [-0.1, -0.05) is 125 Å². The van der Waals surface area contributed by atoms with E-state index in [1.807, 2.05) is 158 Å². The molecule has 0 unspecified atom stereocenters. The van der Waals surface area contributed by atoms with Crippen LogP contribution in [0, 0.1) is 11.6 Å². The summed E-state index contributed by atoms with van der Waals surface area (Å²) in [6.45, 7) is 8.72. The molecule has 0 aliphatic carbocycles. The molecule has 14 nitrogen and oxygen atoms in total. The third-order valence-electron chi connectivity index (χ3n) is 14.5. The number of hydrogen-bond donors (Lipinski definition) is 6. The van der Waals surface area contributed by atoms with Gasteiger partial charge in [-0.3, -0.25) is 19.2 Å². The van der Waals surface area contributed by atoms with E-state index < -0.39 is 36.4 Å². The molecule has 2 aromatic heterocycles. The first-order valence-corrected chi connectivity index (χ1v) is 28.1. The molecule has 4 atom stereocenters. The van der Waals surface area contributed by atoms with Crippen molar-refractivity contribution in [3.8, 4) is 44.8 Å². The van der Waals surface area contributed by atoms with Gasteiger partial charge >= 0.3 is 49.7 Å². The molecule has 0 fully saturated rings. The van der Waals surface area contributed by atoms with Crippen LogP contribution in [0.25, 0.3) is 44.8 Å². The second-order valence-electron chi connectivity index (χ2n) is 21.2. The van der Waals surface area contributed by atoms with Crippen molar-refractivity contribution in [1.82, 2.24) is 9.13 Å². The van der Waals surface area contributed by atoms with E-state index in [2.05, 4.69) is 10.6 Å². The normalized spacial score (nSPS) is 12.6. The van der Waals surface area contributed by atoms with Gasteiger partial charge in [0.2, 0.25) is 0 Å². The molecule has 0 saturated carbocycles. The number of aromatic nitrogens is 2. The second kappa shape index (κ2) is 32.3. The average molecular weight is 1190 g/mol. The minimum absolute atomic E-state index is 0. The number of ether oxygens (including phenoxy) is 2. The summed E-state index contributed by atoms with van der Waals surface area (Å²) in [7, 11) is 2.86. The largest absolute Gasteiger partial charge is 2.00 e. The van der Waals surface area contributed by atoms with E-state index in [4.69, 9.17) is 9.47 Å². The first-order valence-electron chi connectivity index (χ1n) is 28.1. The number of carboxylic acid groups (broad SMARTS) is 2. The second-order valence-corrected chi connectivity index (χ2v) is 21.2. The van der Waals surface area contributed by atoms with Crippen LogP contribution < -0.4 is 10.6 Å². The molecule has 0 spiro atoms. The van der Waals surface area contributed by atoms with Crippen molar-refractivity contribution in [2.75, 3.05) is 24.9 Å². The molecule has 0 bridgehead atoms. The third-order valence-corrected chi connectivity index (χ3v) is 14.5. The zero-order valence-electron chi connectivity index (χ0n) is 50.9. The summed E-state index contributed by atoms with van der Waals surface area (Å²) in [6, 6.07) is 50.1. The van der Waals surface area contributed by atoms with Gasteiger partial charge in [0.1, 0.15) is 11.6 Å². The monoisotopic (exact) mass is 1190 g/mol. The summed E-state index contributed by atoms with van der Waals surface area (Å²) in [6.07, 6.45) is -2.50. The van der Waals surface area contributed by atoms with Crippen LogP contribution in [0.3, 0.4) is 0 Å². The van der Waals surface area contributed by atoms with Gasteiger partial charge in [-0.15, -0.1) is 0 Å². The zero-order chi connectivity index (χ0) is 60.5. The maximum Gasteiger partial charge on any atom is 2.00 e. The number of aliphatic carboxylic acids is 2. The standard InChI is InChI=1S/2C34H37FN2O5.Ca.2H/c2*1-22(2)32-31(34(41)36-26-12-8-5-9-13-26)30(23-10-6-4-7-11-23)33(24-14-16-25(35)17-15-24)37(32)19-18-27(38)20-28(42-3)21-29(39)40;;;/h2*4-17,22,27-28,38H,18-21H2,1-3H3,(H,36,41)(H,39,40);;;/q;;+2;2*-1/t2*27-,28-;;;/m11.../s1. The number of carbonyl (C=O) groups is 4. The van der Waals surface area contributed by atoms with Gasteiger partial charge in [0.25, 0.3) is 11.8 Å². The van der Waals surface area contributed by atoms with Gasteiger partial charge in [0.05, 0.1) is 59.8 Å². The van der Waals surface area contributed by atoms with Gasteiger partial charge in [0.15, 0.2) is 0 Å². The molecule has 0 aliphatic heterocycles. The van der Waals surface area contributed by atoms with Crippen molar-refractivity contribution >= 4 is 72.9 Å². The van der Waals surface area contributed by atoms with Crippen LogP contribution in [0.4, 0.5) is 20.2 Å². The molecule has 0 aliphatic rings. The maximum atomic E-state index is 14.1. The van der Waals surface area contributed by atoms with Crippen molar-refractivity contribution in [2.24, 2.45) is 0 Å². The van der Waals surface area contributed by atoms with E-state index >= 15 is 0 Å². The Bertz CT molecular complexity index is 3220. The summed E-state index contributed by atoms with van der Waals surface area (Å²) in [4.78, 5) is 50.6. The Kier molecular flexibility index (Phi) is 25.4. The smallest absolute Gasteiger partial charge is 1.00 e. The number of methoxy groups -OCH3 is 2. The number of carbonyl (C=O) groups excluding carboxylic acids is 2. The van der Waals surface area contributed by atoms with Crippen LogP contribution in [0.2, 0.25) is 0 Å². The van der Waals surface area contributed by atoms with Gasteiger partial charge in [-0.2, -0.15) is 0 Å². The Labute approximate surface area is 528 Å². The predicted molar refractivity (Wildman–Crippen MR) is 332 cm³/mol. The summed E-state index contributed by atoms with van der Waals surface area (Å²) in [5, 5.41) is 46.3. The number of aliphatic hydroxyl groups is 2. The minimum atomic E-state index is -0.998. The fourth-order valence-corrected chi connectivity index (χ4v) is 10.7. The molecule has 8 rings (SSSR count). The first-order chi connectivity index (χ1) is 40.4. The SMILES string of the molecule is CO[C@@H](CC(=O)O)C[C@H](O)CCn1c(-c2ccc(F)cc2)c(-c2ccccc2)c(C(=O)Nc2ccccc2)c1C(C)C.CO[C@@H](CC(=O)O)C[C@H](O)CCn1c(-c2ccc(F)cc2)c(-c2ccccc2)c(C(=O)Nc2ccccc2)c1C(C)C.[Ca+2].[H-].[H-]. The van der Waals surface area contributed by atoms with Crippen LogP contribution in [0.5, 0.6) is 0 Å². The zero-order valence-corrected chi connectivity index (χ0v) is 51.1. The Balaban J connectivity index is 0.000000360. The molecule has 0 radical (unpaired) electrons. The molecule has 2 amide bonds. The van der Waals surface area contributed by atoms with Crippen molar-refractivity contribution in [3.05, 3.63) is 204 Å². The summed E-state index contributed by atoms with van der Waals surface area (Å²) < 4.78 is 42.8. The number of halogens is 2. The topological polar surface area (TPSA) is 202 Å². The fraction of sp³-hybridized carbons (Fsp3) is 0.294. The first kappa shape index (κ1) is 66.9. The molecular weight excluding hydrogens is 1110 g/mol. The molecule has 0 saturated heterocycles. The molecular formula is C68H76CaF2N4O10. The Morgan fingerprint density at radius 2 is 0.788 bits per heavy atom. The van der Waals surface area contributed by atoms with Crippen molar-refractivity contribution in [2.45, 2.75) is 116 Å². The van der Waals surface area contributed by atoms with Crippen LogP contribution in [0.1, 0.15) is 113 Å². The summed E-state index contributed by atoms with van der Waals surface area (Å²) in [5.41, 5.74) is 9.93. The van der Waals surface area contributed by atoms with Crippen LogP contribution in [-0.2, 0) is 32.2 Å². The van der Waals surface area contributed by atoms with E-state index in [0.29, 0.717) is 35.6 Å². The Morgan fingerprint density at radius 1 is 0.482 bits per heavy atom. The number of benzene rings is 6.